The van der Waals surface area contributed by atoms with Crippen molar-refractivity contribution in [3.05, 3.63) is 48.0 Å². The average molecular weight is 455 g/mol. The van der Waals surface area contributed by atoms with Gasteiger partial charge in [0.25, 0.3) is 0 Å². The molecule has 7 nitrogen and oxygen atoms in total. The number of fused-ring (bicyclic) bond motifs is 1. The van der Waals surface area contributed by atoms with Gasteiger partial charge in [-0.3, -0.25) is 4.79 Å². The van der Waals surface area contributed by atoms with Gasteiger partial charge in [0, 0.05) is 11.3 Å². The number of carbonyl (C=O) groups excluding carboxylic acids is 1. The smallest absolute Gasteiger partial charge is 0.454 e. The number of halogens is 3. The number of hydrogen-bond donors (Lipinski definition) is 1. The summed E-state index contributed by atoms with van der Waals surface area (Å²) in [4.78, 5) is 12.4. The van der Waals surface area contributed by atoms with Gasteiger partial charge in [0.05, 0.1) is 5.75 Å². The molecule has 0 bridgehead atoms. The van der Waals surface area contributed by atoms with Crippen molar-refractivity contribution < 1.29 is 32.2 Å². The predicted octanol–water partition coefficient (Wildman–Crippen LogP) is 4.88. The maximum Gasteiger partial charge on any atom is 0.573 e. The molecule has 2 heterocycles. The minimum Gasteiger partial charge on any atom is -0.454 e. The second-order valence-corrected chi connectivity index (χ2v) is 8.05. The second-order valence-electron chi connectivity index (χ2n) is 5.85. The molecule has 12 heteroatoms. The van der Waals surface area contributed by atoms with Gasteiger partial charge in [-0.25, -0.2) is 0 Å². The van der Waals surface area contributed by atoms with Crippen molar-refractivity contribution >= 4 is 39.7 Å². The van der Waals surface area contributed by atoms with E-state index in [-0.39, 0.29) is 24.1 Å². The Morgan fingerprint density at radius 1 is 1.13 bits per heavy atom. The molecule has 0 radical (unpaired) electrons. The lowest BCUT2D eigenvalue weighted by Gasteiger charge is -2.09. The Kier molecular flexibility index (Phi) is 5.68. The molecule has 1 aromatic heterocycles. The van der Waals surface area contributed by atoms with Gasteiger partial charge < -0.3 is 19.5 Å². The molecule has 0 saturated carbocycles. The molecule has 30 heavy (non-hydrogen) atoms. The van der Waals surface area contributed by atoms with Crippen LogP contribution in [-0.2, 0) is 0 Å². The molecule has 2 aromatic carbocycles. The number of nitrogens with one attached hydrogen (secondary N) is 1. The van der Waals surface area contributed by atoms with Crippen LogP contribution < -0.4 is 19.5 Å². The summed E-state index contributed by atoms with van der Waals surface area (Å²) in [5, 5.41) is 11.4. The van der Waals surface area contributed by atoms with Crippen molar-refractivity contribution in [1.29, 1.82) is 0 Å². The summed E-state index contributed by atoms with van der Waals surface area (Å²) in [7, 11) is 0. The first-order chi connectivity index (χ1) is 14.4. The Hall–Kier alpha value is -2.99. The molecule has 0 aliphatic carbocycles. The van der Waals surface area contributed by atoms with Crippen LogP contribution in [0.2, 0.25) is 0 Å². The number of thioether (sulfide) groups is 1. The number of hydrogen-bond acceptors (Lipinski definition) is 9. The van der Waals surface area contributed by atoms with Gasteiger partial charge in [0.2, 0.25) is 11.9 Å². The van der Waals surface area contributed by atoms with Crippen LogP contribution in [0.25, 0.3) is 0 Å². The fraction of sp³-hybridized carbons (Fsp3) is 0.167. The summed E-state index contributed by atoms with van der Waals surface area (Å²) in [6, 6.07) is 10.3. The van der Waals surface area contributed by atoms with E-state index in [1.807, 2.05) is 0 Å². The van der Waals surface area contributed by atoms with Gasteiger partial charge in [-0.15, -0.1) is 23.4 Å². The van der Waals surface area contributed by atoms with Crippen LogP contribution in [0.1, 0.15) is 10.4 Å². The summed E-state index contributed by atoms with van der Waals surface area (Å²) < 4.78 is 51.5. The van der Waals surface area contributed by atoms with Gasteiger partial charge in [-0.2, -0.15) is 0 Å². The zero-order valence-electron chi connectivity index (χ0n) is 14.9. The van der Waals surface area contributed by atoms with Crippen LogP contribution in [0.5, 0.6) is 17.2 Å². The predicted molar refractivity (Wildman–Crippen MR) is 104 cm³/mol. The highest BCUT2D eigenvalue weighted by atomic mass is 32.2. The SMILES string of the molecule is O=C(CSc1nnc(Nc2ccc(OC(F)(F)F)cc2)s1)c1ccc2c(c1)OCO2. The third-order valence-electron chi connectivity index (χ3n) is 3.77. The molecule has 0 spiro atoms. The molecule has 1 N–H and O–H groups in total. The number of nitrogens with zero attached hydrogens (tertiary/aromatic N) is 2. The molecule has 4 rings (SSSR count). The number of carbonyl (C=O) groups is 1. The molecule has 3 aromatic rings. The lowest BCUT2D eigenvalue weighted by atomic mass is 10.1. The van der Waals surface area contributed by atoms with Gasteiger partial charge in [-0.05, 0) is 42.5 Å². The molecular weight excluding hydrogens is 443 g/mol. The van der Waals surface area contributed by atoms with Crippen LogP contribution in [-0.4, -0.2) is 34.9 Å². The Balaban J connectivity index is 1.31. The van der Waals surface area contributed by atoms with E-state index < -0.39 is 6.36 Å². The number of ether oxygens (including phenoxy) is 3. The van der Waals surface area contributed by atoms with Crippen molar-refractivity contribution in [2.45, 2.75) is 10.7 Å². The summed E-state index contributed by atoms with van der Waals surface area (Å²) in [5.74, 6) is 0.904. The Labute approximate surface area is 176 Å². The minimum atomic E-state index is -4.74. The van der Waals surface area contributed by atoms with E-state index in [0.717, 1.165) is 0 Å². The molecule has 0 fully saturated rings. The lowest BCUT2D eigenvalue weighted by molar-refractivity contribution is -0.274. The van der Waals surface area contributed by atoms with E-state index in [4.69, 9.17) is 9.47 Å². The quantitative estimate of drug-likeness (QED) is 0.399. The van der Waals surface area contributed by atoms with Crippen LogP contribution in [0.4, 0.5) is 24.0 Å². The van der Waals surface area contributed by atoms with Gasteiger partial charge in [0.15, 0.2) is 21.6 Å². The maximum atomic E-state index is 12.4. The molecule has 156 valence electrons. The van der Waals surface area contributed by atoms with E-state index in [9.17, 15) is 18.0 Å². The molecule has 0 amide bonds. The van der Waals surface area contributed by atoms with E-state index in [1.54, 1.807) is 18.2 Å². The largest absolute Gasteiger partial charge is 0.573 e. The first kappa shape index (κ1) is 20.3. The number of rotatable bonds is 7. The number of alkyl halides is 3. The standard InChI is InChI=1S/C18H12F3N3O4S2/c19-18(20,21)28-12-4-2-11(3-5-12)22-16-23-24-17(30-16)29-8-13(25)10-1-6-14-15(7-10)27-9-26-14/h1-7H,8-9H2,(H,22,23). The third kappa shape index (κ3) is 5.13. The Bertz CT molecular complexity index is 1060. The maximum absolute atomic E-state index is 12.4. The first-order valence-corrected chi connectivity index (χ1v) is 10.2. The Morgan fingerprint density at radius 2 is 1.90 bits per heavy atom. The van der Waals surface area contributed by atoms with Crippen molar-refractivity contribution in [3.63, 3.8) is 0 Å². The van der Waals surface area contributed by atoms with E-state index in [1.165, 1.54) is 47.4 Å². The van der Waals surface area contributed by atoms with Crippen molar-refractivity contribution in [1.82, 2.24) is 10.2 Å². The number of Topliss-reactive ketones (excluding diaryl/α,β-unsaturated/α-hetero) is 1. The van der Waals surface area contributed by atoms with Crippen molar-refractivity contribution in [2.75, 3.05) is 17.9 Å². The third-order valence-corrected chi connectivity index (χ3v) is 5.74. The zero-order chi connectivity index (χ0) is 21.1. The fourth-order valence-corrected chi connectivity index (χ4v) is 4.13. The monoisotopic (exact) mass is 455 g/mol. The van der Waals surface area contributed by atoms with E-state index in [2.05, 4.69) is 20.3 Å². The van der Waals surface area contributed by atoms with Crippen LogP contribution in [0.15, 0.2) is 46.8 Å². The number of aromatic nitrogens is 2. The summed E-state index contributed by atoms with van der Waals surface area (Å²) in [5.41, 5.74) is 1.03. The van der Waals surface area contributed by atoms with Gasteiger partial charge in [-0.1, -0.05) is 23.1 Å². The highest BCUT2D eigenvalue weighted by Crippen LogP contribution is 2.34. The Morgan fingerprint density at radius 3 is 2.67 bits per heavy atom. The fourth-order valence-electron chi connectivity index (χ4n) is 2.46. The summed E-state index contributed by atoms with van der Waals surface area (Å²) in [6.07, 6.45) is -4.74. The second kappa shape index (κ2) is 8.40. The summed E-state index contributed by atoms with van der Waals surface area (Å²) in [6.45, 7) is 0.139. The molecule has 1 aliphatic heterocycles. The average Bonchev–Trinajstić information content (AvgIpc) is 3.35. The minimum absolute atomic E-state index is 0.0942. The molecule has 0 unspecified atom stereocenters. The molecule has 0 atom stereocenters. The van der Waals surface area contributed by atoms with E-state index in [0.29, 0.717) is 32.2 Å². The number of benzene rings is 2. The van der Waals surface area contributed by atoms with Crippen molar-refractivity contribution in [3.8, 4) is 17.2 Å². The normalized spacial score (nSPS) is 12.6. The van der Waals surface area contributed by atoms with E-state index >= 15 is 0 Å². The number of ketones is 1. The van der Waals surface area contributed by atoms with Crippen molar-refractivity contribution in [2.24, 2.45) is 0 Å². The highest BCUT2D eigenvalue weighted by Gasteiger charge is 2.31. The van der Waals surface area contributed by atoms with Gasteiger partial charge in [0.1, 0.15) is 5.75 Å². The van der Waals surface area contributed by atoms with Crippen LogP contribution in [0, 0.1) is 0 Å². The molecular formula is C18H12F3N3O4S2. The van der Waals surface area contributed by atoms with Gasteiger partial charge >= 0.3 is 6.36 Å². The van der Waals surface area contributed by atoms with Crippen LogP contribution in [0.3, 0.4) is 0 Å². The number of anilines is 2. The summed E-state index contributed by atoms with van der Waals surface area (Å²) >= 11 is 2.46. The molecule has 1 aliphatic rings. The first-order valence-electron chi connectivity index (χ1n) is 8.38. The lowest BCUT2D eigenvalue weighted by Crippen LogP contribution is -2.16. The topological polar surface area (TPSA) is 82.6 Å². The van der Waals surface area contributed by atoms with Crippen LogP contribution >= 0.6 is 23.1 Å². The zero-order valence-corrected chi connectivity index (χ0v) is 16.6. The highest BCUT2D eigenvalue weighted by molar-refractivity contribution is 8.01. The molecule has 0 saturated heterocycles.